The molecule has 0 aromatic heterocycles. The molecule has 0 fully saturated rings. The Balaban J connectivity index is 2.28. The smallest absolute Gasteiger partial charge is 0.255 e. The summed E-state index contributed by atoms with van der Waals surface area (Å²) in [4.78, 5) is 12.3. The van der Waals surface area contributed by atoms with Crippen LogP contribution in [0.1, 0.15) is 28.4 Å². The van der Waals surface area contributed by atoms with E-state index in [2.05, 4.69) is 5.32 Å². The number of hydrogen-bond donors (Lipinski definition) is 2. The predicted molar refractivity (Wildman–Crippen MR) is 79.4 cm³/mol. The number of rotatable bonds is 3. The number of hydrogen-bond acceptors (Lipinski definition) is 2. The number of carbonyl (C=O) groups excluding carboxylic acids is 1. The van der Waals surface area contributed by atoms with Crippen LogP contribution < -0.4 is 11.1 Å². The van der Waals surface area contributed by atoms with Gasteiger partial charge in [0.1, 0.15) is 0 Å². The molecular formula is C16H18N2O. The molecule has 3 nitrogen and oxygen atoms in total. The topological polar surface area (TPSA) is 55.1 Å². The molecule has 0 spiro atoms. The van der Waals surface area contributed by atoms with Gasteiger partial charge in [-0.15, -0.1) is 0 Å². The Bertz CT molecular complexity index is 605. The van der Waals surface area contributed by atoms with Crippen molar-refractivity contribution in [2.75, 3.05) is 11.1 Å². The van der Waals surface area contributed by atoms with Gasteiger partial charge in [-0.1, -0.05) is 31.2 Å². The largest absolute Gasteiger partial charge is 0.397 e. The van der Waals surface area contributed by atoms with E-state index in [1.165, 1.54) is 0 Å². The van der Waals surface area contributed by atoms with Gasteiger partial charge in [-0.2, -0.15) is 0 Å². The third kappa shape index (κ3) is 2.94. The summed E-state index contributed by atoms with van der Waals surface area (Å²) in [6, 6.07) is 13.2. The van der Waals surface area contributed by atoms with Crippen molar-refractivity contribution >= 4 is 17.3 Å². The van der Waals surface area contributed by atoms with Gasteiger partial charge in [0, 0.05) is 5.56 Å². The van der Waals surface area contributed by atoms with Gasteiger partial charge >= 0.3 is 0 Å². The zero-order valence-electron chi connectivity index (χ0n) is 11.2. The standard InChI is InChI=1S/C16H18N2O/c1-3-12-6-4-5-7-13(12)16(19)18-15-10-11(2)8-9-14(15)17/h4-10H,3,17H2,1-2H3,(H,18,19). The number of anilines is 2. The van der Waals surface area contributed by atoms with Crippen molar-refractivity contribution in [3.8, 4) is 0 Å². The van der Waals surface area contributed by atoms with Crippen LogP contribution >= 0.6 is 0 Å². The van der Waals surface area contributed by atoms with Gasteiger partial charge in [0.2, 0.25) is 0 Å². The number of nitrogen functional groups attached to an aromatic ring is 1. The molecule has 0 saturated heterocycles. The Labute approximate surface area is 113 Å². The number of carbonyl (C=O) groups is 1. The molecule has 98 valence electrons. The minimum Gasteiger partial charge on any atom is -0.397 e. The highest BCUT2D eigenvalue weighted by Gasteiger charge is 2.11. The summed E-state index contributed by atoms with van der Waals surface area (Å²) in [7, 11) is 0. The monoisotopic (exact) mass is 254 g/mol. The normalized spacial score (nSPS) is 10.2. The highest BCUT2D eigenvalue weighted by molar-refractivity contribution is 6.06. The summed E-state index contributed by atoms with van der Waals surface area (Å²) in [5, 5.41) is 2.88. The molecule has 0 aliphatic heterocycles. The van der Waals surface area contributed by atoms with Crippen LogP contribution in [0.2, 0.25) is 0 Å². The molecule has 0 aliphatic carbocycles. The fourth-order valence-corrected chi connectivity index (χ4v) is 2.02. The van der Waals surface area contributed by atoms with Crippen LogP contribution in [0.15, 0.2) is 42.5 Å². The Morgan fingerprint density at radius 1 is 1.21 bits per heavy atom. The first-order valence-corrected chi connectivity index (χ1v) is 6.37. The first-order chi connectivity index (χ1) is 9.11. The van der Waals surface area contributed by atoms with Gasteiger partial charge in [-0.25, -0.2) is 0 Å². The van der Waals surface area contributed by atoms with Gasteiger partial charge < -0.3 is 11.1 Å². The van der Waals surface area contributed by atoms with Crippen LogP contribution in [0.3, 0.4) is 0 Å². The fourth-order valence-electron chi connectivity index (χ4n) is 2.02. The van der Waals surface area contributed by atoms with E-state index in [4.69, 9.17) is 5.73 Å². The number of amides is 1. The van der Waals surface area contributed by atoms with E-state index in [0.717, 1.165) is 17.5 Å². The van der Waals surface area contributed by atoms with Crippen LogP contribution in [0.25, 0.3) is 0 Å². The highest BCUT2D eigenvalue weighted by Crippen LogP contribution is 2.21. The molecule has 2 aromatic rings. The van der Waals surface area contributed by atoms with Crippen molar-refractivity contribution in [3.63, 3.8) is 0 Å². The quantitative estimate of drug-likeness (QED) is 0.825. The Kier molecular flexibility index (Phi) is 3.85. The van der Waals surface area contributed by atoms with E-state index < -0.39 is 0 Å². The van der Waals surface area contributed by atoms with Crippen LogP contribution in [-0.2, 0) is 6.42 Å². The molecule has 0 aliphatic rings. The van der Waals surface area contributed by atoms with E-state index in [1.54, 1.807) is 6.07 Å². The lowest BCUT2D eigenvalue weighted by molar-refractivity contribution is 0.102. The number of aryl methyl sites for hydroxylation is 2. The third-order valence-electron chi connectivity index (χ3n) is 3.10. The second kappa shape index (κ2) is 5.57. The lowest BCUT2D eigenvalue weighted by Crippen LogP contribution is -2.15. The van der Waals surface area contributed by atoms with E-state index in [1.807, 2.05) is 50.2 Å². The minimum absolute atomic E-state index is 0.116. The van der Waals surface area contributed by atoms with Crippen molar-refractivity contribution in [3.05, 3.63) is 59.2 Å². The molecule has 0 atom stereocenters. The molecule has 3 N–H and O–H groups in total. The fraction of sp³-hybridized carbons (Fsp3) is 0.188. The Hall–Kier alpha value is -2.29. The number of nitrogens with two attached hydrogens (primary N) is 1. The summed E-state index contributed by atoms with van der Waals surface area (Å²) in [5.74, 6) is -0.116. The zero-order valence-corrected chi connectivity index (χ0v) is 11.2. The summed E-state index contributed by atoms with van der Waals surface area (Å²) in [5.41, 5.74) is 9.91. The number of nitrogens with one attached hydrogen (secondary N) is 1. The van der Waals surface area contributed by atoms with Crippen molar-refractivity contribution in [2.45, 2.75) is 20.3 Å². The van der Waals surface area contributed by atoms with Gasteiger partial charge in [0.15, 0.2) is 0 Å². The summed E-state index contributed by atoms with van der Waals surface area (Å²) in [6.07, 6.45) is 0.826. The summed E-state index contributed by atoms with van der Waals surface area (Å²) < 4.78 is 0. The summed E-state index contributed by atoms with van der Waals surface area (Å²) in [6.45, 7) is 4.00. The molecule has 2 aromatic carbocycles. The minimum atomic E-state index is -0.116. The third-order valence-corrected chi connectivity index (χ3v) is 3.10. The van der Waals surface area contributed by atoms with Gasteiger partial charge in [0.05, 0.1) is 11.4 Å². The van der Waals surface area contributed by atoms with Crippen molar-refractivity contribution < 1.29 is 4.79 Å². The van der Waals surface area contributed by atoms with Gasteiger partial charge in [-0.3, -0.25) is 4.79 Å². The molecule has 19 heavy (non-hydrogen) atoms. The second-order valence-electron chi connectivity index (χ2n) is 4.56. The molecular weight excluding hydrogens is 236 g/mol. The van der Waals surface area contributed by atoms with E-state index >= 15 is 0 Å². The molecule has 0 radical (unpaired) electrons. The summed E-state index contributed by atoms with van der Waals surface area (Å²) >= 11 is 0. The molecule has 0 unspecified atom stereocenters. The average Bonchev–Trinajstić information content (AvgIpc) is 2.42. The second-order valence-corrected chi connectivity index (χ2v) is 4.56. The van der Waals surface area contributed by atoms with Gasteiger partial charge in [0.25, 0.3) is 5.91 Å². The molecule has 0 heterocycles. The van der Waals surface area contributed by atoms with Gasteiger partial charge in [-0.05, 0) is 42.7 Å². The maximum Gasteiger partial charge on any atom is 0.255 e. The lowest BCUT2D eigenvalue weighted by Gasteiger charge is -2.11. The van der Waals surface area contributed by atoms with Crippen LogP contribution in [0, 0.1) is 6.92 Å². The Morgan fingerprint density at radius 3 is 2.68 bits per heavy atom. The lowest BCUT2D eigenvalue weighted by atomic mass is 10.0. The van der Waals surface area contributed by atoms with E-state index in [0.29, 0.717) is 16.9 Å². The van der Waals surface area contributed by atoms with Crippen molar-refractivity contribution in [1.29, 1.82) is 0 Å². The zero-order chi connectivity index (χ0) is 13.8. The maximum atomic E-state index is 12.3. The molecule has 2 rings (SSSR count). The van der Waals surface area contributed by atoms with E-state index in [9.17, 15) is 4.79 Å². The maximum absolute atomic E-state index is 12.3. The number of benzene rings is 2. The van der Waals surface area contributed by atoms with Crippen molar-refractivity contribution in [1.82, 2.24) is 0 Å². The van der Waals surface area contributed by atoms with Crippen LogP contribution in [0.4, 0.5) is 11.4 Å². The first kappa shape index (κ1) is 13.1. The molecule has 0 saturated carbocycles. The first-order valence-electron chi connectivity index (χ1n) is 6.37. The van der Waals surface area contributed by atoms with Crippen LogP contribution in [-0.4, -0.2) is 5.91 Å². The average molecular weight is 254 g/mol. The van der Waals surface area contributed by atoms with Crippen molar-refractivity contribution in [2.24, 2.45) is 0 Å². The molecule has 0 bridgehead atoms. The SMILES string of the molecule is CCc1ccccc1C(=O)Nc1cc(C)ccc1N. The Morgan fingerprint density at radius 2 is 1.95 bits per heavy atom. The van der Waals surface area contributed by atoms with Crippen LogP contribution in [0.5, 0.6) is 0 Å². The predicted octanol–water partition coefficient (Wildman–Crippen LogP) is 3.39. The highest BCUT2D eigenvalue weighted by atomic mass is 16.1. The molecule has 3 heteroatoms. The molecule has 1 amide bonds. The van der Waals surface area contributed by atoms with E-state index in [-0.39, 0.29) is 5.91 Å².